The van der Waals surface area contributed by atoms with Crippen LogP contribution in [0.3, 0.4) is 0 Å². The number of aliphatic hydroxyl groups is 4. The van der Waals surface area contributed by atoms with Crippen molar-refractivity contribution < 1.29 is 34.7 Å². The average molecular weight is 336 g/mol. The van der Waals surface area contributed by atoms with Gasteiger partial charge < -0.3 is 35.6 Å². The van der Waals surface area contributed by atoms with Crippen molar-refractivity contribution in [1.29, 1.82) is 0 Å². The molecule has 7 N–H and O–H groups in total. The van der Waals surface area contributed by atoms with Crippen molar-refractivity contribution >= 4 is 5.97 Å². The molecular weight excluding hydrogens is 308 g/mol. The minimum Gasteiger partial charge on any atom is -0.462 e. The van der Waals surface area contributed by atoms with E-state index in [0.29, 0.717) is 19.3 Å². The summed E-state index contributed by atoms with van der Waals surface area (Å²) in [4.78, 5) is 11.5. The molecule has 0 aromatic heterocycles. The molecule has 9 heteroatoms. The standard InChI is InChI=1S/C14H28N2O7/c1-3-5-9(17)16-10-12(19)11(18)8(23-14(10)21)6-22-13(20)7(15)4-2/h7-12,14,16-19,21H,3-6,15H2,1-2H3/t7-,8+,9?,10+,11+,12+,14?/m0/s1. The van der Waals surface area contributed by atoms with Gasteiger partial charge in [-0.3, -0.25) is 10.1 Å². The topological polar surface area (TPSA) is 154 Å². The second-order valence-corrected chi connectivity index (χ2v) is 5.69. The van der Waals surface area contributed by atoms with Gasteiger partial charge in [0.15, 0.2) is 6.29 Å². The van der Waals surface area contributed by atoms with Crippen LogP contribution in [0.1, 0.15) is 33.1 Å². The molecule has 1 fully saturated rings. The summed E-state index contributed by atoms with van der Waals surface area (Å²) in [5, 5.41) is 42.4. The first kappa shape index (κ1) is 20.2. The van der Waals surface area contributed by atoms with Crippen LogP contribution in [-0.4, -0.2) is 75.9 Å². The number of aliphatic hydroxyl groups excluding tert-OH is 4. The molecule has 1 aliphatic rings. The molecule has 136 valence electrons. The normalized spacial score (nSPS) is 34.0. The smallest absolute Gasteiger partial charge is 0.322 e. The van der Waals surface area contributed by atoms with E-state index in [0.717, 1.165) is 0 Å². The highest BCUT2D eigenvalue weighted by Gasteiger charge is 2.44. The van der Waals surface area contributed by atoms with E-state index >= 15 is 0 Å². The van der Waals surface area contributed by atoms with Crippen molar-refractivity contribution in [2.24, 2.45) is 5.73 Å². The lowest BCUT2D eigenvalue weighted by Crippen LogP contribution is -2.64. The Kier molecular flexibility index (Phi) is 8.34. The van der Waals surface area contributed by atoms with Crippen molar-refractivity contribution in [3.63, 3.8) is 0 Å². The summed E-state index contributed by atoms with van der Waals surface area (Å²) in [6, 6.07) is -1.83. The zero-order valence-corrected chi connectivity index (χ0v) is 13.5. The minimum atomic E-state index is -1.47. The second-order valence-electron chi connectivity index (χ2n) is 5.69. The van der Waals surface area contributed by atoms with Gasteiger partial charge in [-0.05, 0) is 12.8 Å². The first-order valence-corrected chi connectivity index (χ1v) is 7.87. The highest BCUT2D eigenvalue weighted by molar-refractivity contribution is 5.75. The van der Waals surface area contributed by atoms with Gasteiger partial charge >= 0.3 is 5.97 Å². The van der Waals surface area contributed by atoms with Crippen LogP contribution in [0.4, 0.5) is 0 Å². The Labute approximate surface area is 135 Å². The second kappa shape index (κ2) is 9.48. The summed E-state index contributed by atoms with van der Waals surface area (Å²) in [5.41, 5.74) is 5.51. The Morgan fingerprint density at radius 1 is 1.30 bits per heavy atom. The average Bonchev–Trinajstić information content (AvgIpc) is 2.52. The summed E-state index contributed by atoms with van der Waals surface area (Å²) in [6.45, 7) is 3.25. The molecule has 0 spiro atoms. The van der Waals surface area contributed by atoms with E-state index in [9.17, 15) is 25.2 Å². The Hall–Kier alpha value is -0.810. The molecule has 1 aliphatic heterocycles. The summed E-state index contributed by atoms with van der Waals surface area (Å²) < 4.78 is 10.1. The van der Waals surface area contributed by atoms with Gasteiger partial charge in [-0.25, -0.2) is 0 Å². The van der Waals surface area contributed by atoms with Crippen LogP contribution in [0.25, 0.3) is 0 Å². The van der Waals surface area contributed by atoms with Gasteiger partial charge in [-0.1, -0.05) is 20.3 Å². The lowest BCUT2D eigenvalue weighted by atomic mass is 9.96. The highest BCUT2D eigenvalue weighted by Crippen LogP contribution is 2.21. The predicted octanol–water partition coefficient (Wildman–Crippen LogP) is -2.22. The summed E-state index contributed by atoms with van der Waals surface area (Å²) in [5.74, 6) is -0.647. The predicted molar refractivity (Wildman–Crippen MR) is 80.0 cm³/mol. The lowest BCUT2D eigenvalue weighted by Gasteiger charge is -2.41. The molecule has 9 nitrogen and oxygen atoms in total. The van der Waals surface area contributed by atoms with E-state index in [4.69, 9.17) is 15.2 Å². The maximum absolute atomic E-state index is 11.5. The number of hydrogen-bond acceptors (Lipinski definition) is 9. The van der Waals surface area contributed by atoms with Crippen LogP contribution in [0.5, 0.6) is 0 Å². The number of nitrogens with two attached hydrogens (primary N) is 1. The van der Waals surface area contributed by atoms with Gasteiger partial charge in [0, 0.05) is 0 Å². The SMILES string of the molecule is CCCC(O)N[C@H]1C(O)O[C@H](COC(=O)[C@@H](N)CC)[C@@H](O)[C@@H]1O. The Morgan fingerprint density at radius 2 is 1.96 bits per heavy atom. The van der Waals surface area contributed by atoms with Crippen LogP contribution in [0.15, 0.2) is 0 Å². The zero-order valence-electron chi connectivity index (χ0n) is 13.5. The molecule has 0 saturated carbocycles. The molecule has 0 aliphatic carbocycles. The number of hydrogen-bond donors (Lipinski definition) is 6. The fourth-order valence-corrected chi connectivity index (χ4v) is 2.28. The lowest BCUT2D eigenvalue weighted by molar-refractivity contribution is -0.260. The van der Waals surface area contributed by atoms with E-state index in [1.54, 1.807) is 6.92 Å². The largest absolute Gasteiger partial charge is 0.462 e. The quantitative estimate of drug-likeness (QED) is 0.214. The first-order chi connectivity index (χ1) is 10.8. The summed E-state index contributed by atoms with van der Waals surface area (Å²) in [6.07, 6.45) is -4.77. The van der Waals surface area contributed by atoms with Crippen LogP contribution in [0.2, 0.25) is 0 Å². The van der Waals surface area contributed by atoms with Crippen molar-refractivity contribution in [2.45, 2.75) is 76.0 Å². The maximum atomic E-state index is 11.5. The fourth-order valence-electron chi connectivity index (χ4n) is 2.28. The van der Waals surface area contributed by atoms with Crippen LogP contribution in [0, 0.1) is 0 Å². The molecule has 0 radical (unpaired) electrons. The highest BCUT2D eigenvalue weighted by atomic mass is 16.6. The Morgan fingerprint density at radius 3 is 2.52 bits per heavy atom. The molecule has 1 heterocycles. The van der Waals surface area contributed by atoms with Gasteiger partial charge in [-0.2, -0.15) is 0 Å². The van der Waals surface area contributed by atoms with Crippen molar-refractivity contribution in [3.05, 3.63) is 0 Å². The molecule has 0 amide bonds. The molecule has 0 aromatic rings. The van der Waals surface area contributed by atoms with E-state index < -0.39 is 48.9 Å². The van der Waals surface area contributed by atoms with Crippen molar-refractivity contribution in [2.75, 3.05) is 6.61 Å². The van der Waals surface area contributed by atoms with Gasteiger partial charge in [0.25, 0.3) is 0 Å². The summed E-state index contributed by atoms with van der Waals surface area (Å²) in [7, 11) is 0. The minimum absolute atomic E-state index is 0.341. The number of esters is 1. The Balaban J connectivity index is 2.57. The maximum Gasteiger partial charge on any atom is 0.322 e. The Bertz CT molecular complexity index is 371. The van der Waals surface area contributed by atoms with E-state index in [1.807, 2.05) is 6.92 Å². The van der Waals surface area contributed by atoms with E-state index in [1.165, 1.54) is 0 Å². The third-order valence-corrected chi connectivity index (χ3v) is 3.80. The molecule has 1 saturated heterocycles. The molecule has 0 bridgehead atoms. The molecule has 1 rings (SSSR count). The third-order valence-electron chi connectivity index (χ3n) is 3.80. The molecular formula is C14H28N2O7. The van der Waals surface area contributed by atoms with E-state index in [2.05, 4.69) is 5.32 Å². The summed E-state index contributed by atoms with van der Waals surface area (Å²) >= 11 is 0. The monoisotopic (exact) mass is 336 g/mol. The van der Waals surface area contributed by atoms with Crippen LogP contribution >= 0.6 is 0 Å². The number of carbonyl (C=O) groups excluding carboxylic acids is 1. The molecule has 0 aromatic carbocycles. The van der Waals surface area contributed by atoms with Gasteiger partial charge in [0.1, 0.15) is 37.2 Å². The number of carbonyl (C=O) groups is 1. The molecule has 7 atom stereocenters. The van der Waals surface area contributed by atoms with Crippen molar-refractivity contribution in [1.82, 2.24) is 5.32 Å². The molecule has 2 unspecified atom stereocenters. The molecule has 23 heavy (non-hydrogen) atoms. The van der Waals surface area contributed by atoms with Gasteiger partial charge in [0.2, 0.25) is 0 Å². The van der Waals surface area contributed by atoms with Crippen molar-refractivity contribution in [3.8, 4) is 0 Å². The van der Waals surface area contributed by atoms with Gasteiger partial charge in [-0.15, -0.1) is 0 Å². The fraction of sp³-hybridized carbons (Fsp3) is 0.929. The van der Waals surface area contributed by atoms with Crippen LogP contribution < -0.4 is 11.1 Å². The van der Waals surface area contributed by atoms with Crippen LogP contribution in [-0.2, 0) is 14.3 Å². The number of nitrogens with one attached hydrogen (secondary N) is 1. The third kappa shape index (κ3) is 5.64. The zero-order chi connectivity index (χ0) is 17.6. The number of ether oxygens (including phenoxy) is 2. The number of rotatable bonds is 8. The first-order valence-electron chi connectivity index (χ1n) is 7.87. The van der Waals surface area contributed by atoms with Gasteiger partial charge in [0.05, 0.1) is 6.04 Å². The van der Waals surface area contributed by atoms with E-state index in [-0.39, 0.29) is 6.61 Å².